The summed E-state index contributed by atoms with van der Waals surface area (Å²) in [5.74, 6) is 0.961. The normalized spacial score (nSPS) is 24.6. The van der Waals surface area contributed by atoms with Gasteiger partial charge in [-0.15, -0.1) is 0 Å². The van der Waals surface area contributed by atoms with Gasteiger partial charge in [-0.2, -0.15) is 0 Å². The molecule has 0 spiro atoms. The van der Waals surface area contributed by atoms with Gasteiger partial charge >= 0.3 is 0 Å². The Bertz CT molecular complexity index is 549. The van der Waals surface area contributed by atoms with Crippen molar-refractivity contribution >= 4 is 17.5 Å². The molecule has 2 unspecified atom stereocenters. The van der Waals surface area contributed by atoms with Crippen LogP contribution in [-0.4, -0.2) is 17.9 Å². The lowest BCUT2D eigenvalue weighted by atomic mass is 9.87. The predicted molar refractivity (Wildman–Crippen MR) is 86.7 cm³/mol. The minimum Gasteiger partial charge on any atom is -0.349 e. The lowest BCUT2D eigenvalue weighted by Gasteiger charge is -2.27. The van der Waals surface area contributed by atoms with E-state index >= 15 is 0 Å². The van der Waals surface area contributed by atoms with Crippen LogP contribution >= 0.6 is 0 Å². The summed E-state index contributed by atoms with van der Waals surface area (Å²) in [6, 6.07) is 7.47. The number of amides is 2. The van der Waals surface area contributed by atoms with Crippen molar-refractivity contribution in [3.63, 3.8) is 0 Å². The minimum absolute atomic E-state index is 0.0147. The first-order valence-electron chi connectivity index (χ1n) is 8.33. The molecule has 2 aliphatic rings. The molecule has 0 aromatic heterocycles. The number of benzene rings is 1. The van der Waals surface area contributed by atoms with Gasteiger partial charge in [-0.05, 0) is 55.9 Å². The first-order chi connectivity index (χ1) is 10.6. The molecule has 0 aliphatic heterocycles. The standard InChI is InChI=1S/C18H24N2O2/c1-12-3-2-4-16(11-12)20-18(22)14-7-9-15(10-8-14)19-17(21)13-5-6-13/h7-10,12-13,16H,2-6,11H2,1H3,(H,19,21)(H,20,22). The van der Waals surface area contributed by atoms with E-state index in [1.54, 1.807) is 24.3 Å². The Labute approximate surface area is 131 Å². The van der Waals surface area contributed by atoms with E-state index in [2.05, 4.69) is 17.6 Å². The maximum absolute atomic E-state index is 12.3. The van der Waals surface area contributed by atoms with Crippen molar-refractivity contribution in [2.75, 3.05) is 5.32 Å². The second-order valence-corrected chi connectivity index (χ2v) is 6.78. The van der Waals surface area contributed by atoms with Gasteiger partial charge in [0.1, 0.15) is 0 Å². The molecular formula is C18H24N2O2. The van der Waals surface area contributed by atoms with Gasteiger partial charge < -0.3 is 10.6 Å². The highest BCUT2D eigenvalue weighted by atomic mass is 16.2. The first kappa shape index (κ1) is 15.1. The molecule has 2 fully saturated rings. The summed E-state index contributed by atoms with van der Waals surface area (Å²) >= 11 is 0. The van der Waals surface area contributed by atoms with Gasteiger partial charge in [0.2, 0.25) is 5.91 Å². The molecule has 22 heavy (non-hydrogen) atoms. The van der Waals surface area contributed by atoms with Crippen molar-refractivity contribution in [3.05, 3.63) is 29.8 Å². The fourth-order valence-corrected chi connectivity index (χ4v) is 3.13. The maximum Gasteiger partial charge on any atom is 0.251 e. The molecule has 2 amide bonds. The molecule has 4 heteroatoms. The van der Waals surface area contributed by atoms with Gasteiger partial charge in [0, 0.05) is 23.2 Å². The van der Waals surface area contributed by atoms with Crippen molar-refractivity contribution in [3.8, 4) is 0 Å². The Balaban J connectivity index is 1.54. The highest BCUT2D eigenvalue weighted by Gasteiger charge is 2.29. The van der Waals surface area contributed by atoms with E-state index in [9.17, 15) is 9.59 Å². The third-order valence-corrected chi connectivity index (χ3v) is 4.63. The van der Waals surface area contributed by atoms with Crippen molar-refractivity contribution in [2.24, 2.45) is 11.8 Å². The Kier molecular flexibility index (Phi) is 4.46. The summed E-state index contributed by atoms with van der Waals surface area (Å²) in [5, 5.41) is 6.01. The van der Waals surface area contributed by atoms with E-state index in [1.807, 2.05) is 0 Å². The second-order valence-electron chi connectivity index (χ2n) is 6.78. The zero-order valence-electron chi connectivity index (χ0n) is 13.1. The molecule has 2 atom stereocenters. The molecule has 3 rings (SSSR count). The average Bonchev–Trinajstić information content (AvgIpc) is 3.32. The van der Waals surface area contributed by atoms with Gasteiger partial charge in [-0.3, -0.25) is 9.59 Å². The number of rotatable bonds is 4. The van der Waals surface area contributed by atoms with Crippen molar-refractivity contribution in [1.82, 2.24) is 5.32 Å². The molecule has 2 saturated carbocycles. The van der Waals surface area contributed by atoms with Crippen molar-refractivity contribution in [2.45, 2.75) is 51.5 Å². The molecule has 118 valence electrons. The molecule has 2 aliphatic carbocycles. The van der Waals surface area contributed by atoms with Crippen LogP contribution in [0.15, 0.2) is 24.3 Å². The number of carbonyl (C=O) groups is 2. The zero-order valence-corrected chi connectivity index (χ0v) is 13.1. The van der Waals surface area contributed by atoms with Crippen LogP contribution in [0.4, 0.5) is 5.69 Å². The Morgan fingerprint density at radius 3 is 2.41 bits per heavy atom. The van der Waals surface area contributed by atoms with Gasteiger partial charge in [-0.25, -0.2) is 0 Å². The van der Waals surface area contributed by atoms with Crippen LogP contribution in [0.2, 0.25) is 0 Å². The second kappa shape index (κ2) is 6.51. The van der Waals surface area contributed by atoms with Crippen LogP contribution in [0.3, 0.4) is 0 Å². The third kappa shape index (κ3) is 3.87. The van der Waals surface area contributed by atoms with Crippen LogP contribution in [0.5, 0.6) is 0 Å². The van der Waals surface area contributed by atoms with E-state index in [-0.39, 0.29) is 17.7 Å². The first-order valence-corrected chi connectivity index (χ1v) is 8.33. The molecule has 0 radical (unpaired) electrons. The maximum atomic E-state index is 12.3. The molecule has 1 aromatic carbocycles. The lowest BCUT2D eigenvalue weighted by Crippen LogP contribution is -2.37. The number of carbonyl (C=O) groups excluding carboxylic acids is 2. The summed E-state index contributed by atoms with van der Waals surface area (Å²) in [5.41, 5.74) is 1.42. The largest absolute Gasteiger partial charge is 0.349 e. The van der Waals surface area contributed by atoms with Crippen molar-refractivity contribution < 1.29 is 9.59 Å². The Morgan fingerprint density at radius 1 is 1.05 bits per heavy atom. The summed E-state index contributed by atoms with van der Waals surface area (Å²) in [6.45, 7) is 2.25. The predicted octanol–water partition coefficient (Wildman–Crippen LogP) is 3.34. The topological polar surface area (TPSA) is 58.2 Å². The van der Waals surface area contributed by atoms with Gasteiger partial charge in [0.05, 0.1) is 0 Å². The fourth-order valence-electron chi connectivity index (χ4n) is 3.13. The lowest BCUT2D eigenvalue weighted by molar-refractivity contribution is -0.117. The van der Waals surface area contributed by atoms with E-state index in [4.69, 9.17) is 0 Å². The van der Waals surface area contributed by atoms with E-state index in [0.717, 1.165) is 31.4 Å². The Hall–Kier alpha value is -1.84. The number of hydrogen-bond acceptors (Lipinski definition) is 2. The highest BCUT2D eigenvalue weighted by molar-refractivity contribution is 5.96. The van der Waals surface area contributed by atoms with Crippen LogP contribution in [-0.2, 0) is 4.79 Å². The molecular weight excluding hydrogens is 276 g/mol. The molecule has 4 nitrogen and oxygen atoms in total. The smallest absolute Gasteiger partial charge is 0.251 e. The molecule has 0 saturated heterocycles. The van der Waals surface area contributed by atoms with Crippen LogP contribution in [0, 0.1) is 11.8 Å². The summed E-state index contributed by atoms with van der Waals surface area (Å²) < 4.78 is 0. The highest BCUT2D eigenvalue weighted by Crippen LogP contribution is 2.30. The summed E-state index contributed by atoms with van der Waals surface area (Å²) in [4.78, 5) is 24.0. The SMILES string of the molecule is CC1CCCC(NC(=O)c2ccc(NC(=O)C3CC3)cc2)C1. The number of hydrogen-bond donors (Lipinski definition) is 2. The van der Waals surface area contributed by atoms with Crippen LogP contribution in [0.25, 0.3) is 0 Å². The van der Waals surface area contributed by atoms with Crippen LogP contribution < -0.4 is 10.6 Å². The quantitative estimate of drug-likeness (QED) is 0.896. The van der Waals surface area contributed by atoms with Gasteiger partial charge in [0.15, 0.2) is 0 Å². The van der Waals surface area contributed by atoms with E-state index in [0.29, 0.717) is 17.5 Å². The molecule has 1 aromatic rings. The summed E-state index contributed by atoms with van der Waals surface area (Å²) in [6.07, 6.45) is 6.59. The minimum atomic E-state index is -0.0147. The monoisotopic (exact) mass is 300 g/mol. The molecule has 0 bridgehead atoms. The van der Waals surface area contributed by atoms with Crippen molar-refractivity contribution in [1.29, 1.82) is 0 Å². The zero-order chi connectivity index (χ0) is 15.5. The number of nitrogens with one attached hydrogen (secondary N) is 2. The molecule has 2 N–H and O–H groups in total. The number of anilines is 1. The van der Waals surface area contributed by atoms with E-state index < -0.39 is 0 Å². The van der Waals surface area contributed by atoms with Crippen LogP contribution in [0.1, 0.15) is 55.8 Å². The van der Waals surface area contributed by atoms with Gasteiger partial charge in [-0.1, -0.05) is 19.8 Å². The third-order valence-electron chi connectivity index (χ3n) is 4.63. The fraction of sp³-hybridized carbons (Fsp3) is 0.556. The average molecular weight is 300 g/mol. The molecule has 0 heterocycles. The van der Waals surface area contributed by atoms with Gasteiger partial charge in [0.25, 0.3) is 5.91 Å². The van der Waals surface area contributed by atoms with E-state index in [1.165, 1.54) is 12.8 Å². The summed E-state index contributed by atoms with van der Waals surface area (Å²) in [7, 11) is 0. The Morgan fingerprint density at radius 2 is 1.77 bits per heavy atom.